The van der Waals surface area contributed by atoms with Gasteiger partial charge >= 0.3 is 0 Å². The first-order chi connectivity index (χ1) is 9.39. The van der Waals surface area contributed by atoms with Gasteiger partial charge in [-0.25, -0.2) is 0 Å². The minimum atomic E-state index is -0.316. The van der Waals surface area contributed by atoms with Crippen LogP contribution in [0.3, 0.4) is 0 Å². The van der Waals surface area contributed by atoms with Gasteiger partial charge in [-0.1, -0.05) is 11.6 Å². The van der Waals surface area contributed by atoms with Crippen LogP contribution in [0.15, 0.2) is 12.1 Å². The van der Waals surface area contributed by atoms with Gasteiger partial charge in [0, 0.05) is 22.2 Å². The lowest BCUT2D eigenvalue weighted by atomic mass is 9.95. The Hall–Kier alpha value is -0.930. The fraction of sp³-hybridized carbons (Fsp3) is 0.625. The molecule has 0 bridgehead atoms. The van der Waals surface area contributed by atoms with E-state index >= 15 is 0 Å². The summed E-state index contributed by atoms with van der Waals surface area (Å²) in [6.45, 7) is 4.00. The average molecular weight is 298 g/mol. The molecule has 1 saturated carbocycles. The summed E-state index contributed by atoms with van der Waals surface area (Å²) in [5.41, 5.74) is 6.85. The van der Waals surface area contributed by atoms with E-state index in [0.29, 0.717) is 17.2 Å². The van der Waals surface area contributed by atoms with Crippen molar-refractivity contribution < 1.29 is 9.47 Å². The summed E-state index contributed by atoms with van der Waals surface area (Å²) in [5, 5.41) is 0.653. The Bertz CT molecular complexity index is 462. The Morgan fingerprint density at radius 2 is 1.95 bits per heavy atom. The van der Waals surface area contributed by atoms with Gasteiger partial charge in [-0.15, -0.1) is 0 Å². The number of hydrogen-bond donors (Lipinski definition) is 1. The van der Waals surface area contributed by atoms with Gasteiger partial charge in [-0.05, 0) is 52.0 Å². The van der Waals surface area contributed by atoms with Gasteiger partial charge in [0.2, 0.25) is 0 Å². The lowest BCUT2D eigenvalue weighted by Gasteiger charge is -2.24. The maximum absolute atomic E-state index is 6.19. The molecule has 0 heterocycles. The first-order valence-corrected chi connectivity index (χ1v) is 7.59. The zero-order valence-electron chi connectivity index (χ0n) is 12.5. The predicted molar refractivity (Wildman–Crippen MR) is 82.9 cm³/mol. The molecule has 3 nitrogen and oxygen atoms in total. The predicted octanol–water partition coefficient (Wildman–Crippen LogP) is 3.95. The van der Waals surface area contributed by atoms with Crippen molar-refractivity contribution in [2.75, 3.05) is 7.11 Å². The maximum atomic E-state index is 6.19. The third kappa shape index (κ3) is 4.03. The van der Waals surface area contributed by atoms with Gasteiger partial charge < -0.3 is 15.2 Å². The van der Waals surface area contributed by atoms with Crippen molar-refractivity contribution in [2.45, 2.75) is 57.6 Å². The molecule has 0 atom stereocenters. The number of rotatable bonds is 5. The van der Waals surface area contributed by atoms with Crippen LogP contribution in [0, 0.1) is 0 Å². The third-order valence-corrected chi connectivity index (χ3v) is 3.77. The Morgan fingerprint density at radius 1 is 1.30 bits per heavy atom. The molecule has 1 aliphatic carbocycles. The Morgan fingerprint density at radius 3 is 2.50 bits per heavy atom. The zero-order chi connectivity index (χ0) is 14.8. The van der Waals surface area contributed by atoms with Crippen molar-refractivity contribution in [3.63, 3.8) is 0 Å². The number of methoxy groups -OCH3 is 1. The van der Waals surface area contributed by atoms with Crippen molar-refractivity contribution >= 4 is 11.6 Å². The molecule has 0 unspecified atom stereocenters. The highest BCUT2D eigenvalue weighted by atomic mass is 35.5. The molecular weight excluding hydrogens is 274 g/mol. The first kappa shape index (κ1) is 15.5. The van der Waals surface area contributed by atoms with Crippen molar-refractivity contribution in [3.05, 3.63) is 22.7 Å². The Balaban J connectivity index is 2.33. The molecular formula is C16H24ClNO2. The lowest BCUT2D eigenvalue weighted by Crippen LogP contribution is -2.34. The van der Waals surface area contributed by atoms with Gasteiger partial charge in [-0.3, -0.25) is 0 Å². The molecule has 4 heteroatoms. The minimum absolute atomic E-state index is 0.282. The van der Waals surface area contributed by atoms with E-state index in [1.54, 1.807) is 13.2 Å². The van der Waals surface area contributed by atoms with Crippen LogP contribution in [-0.4, -0.2) is 18.8 Å². The number of benzene rings is 1. The average Bonchev–Trinajstić information content (AvgIpc) is 2.83. The van der Waals surface area contributed by atoms with Gasteiger partial charge in [0.25, 0.3) is 0 Å². The van der Waals surface area contributed by atoms with Crippen LogP contribution in [-0.2, 0) is 6.42 Å². The fourth-order valence-electron chi connectivity index (χ4n) is 2.70. The first-order valence-electron chi connectivity index (χ1n) is 7.21. The topological polar surface area (TPSA) is 44.5 Å². The molecule has 112 valence electrons. The molecule has 20 heavy (non-hydrogen) atoms. The summed E-state index contributed by atoms with van der Waals surface area (Å²) in [4.78, 5) is 0. The highest BCUT2D eigenvalue weighted by Gasteiger charge is 2.23. The van der Waals surface area contributed by atoms with Crippen LogP contribution < -0.4 is 15.2 Å². The van der Waals surface area contributed by atoms with Crippen molar-refractivity contribution in [1.82, 2.24) is 0 Å². The molecule has 1 aliphatic rings. The molecule has 2 rings (SSSR count). The van der Waals surface area contributed by atoms with E-state index in [1.165, 1.54) is 12.8 Å². The van der Waals surface area contributed by atoms with Crippen molar-refractivity contribution in [1.29, 1.82) is 0 Å². The third-order valence-electron chi connectivity index (χ3n) is 3.55. The SMILES string of the molecule is COc1cc(Cl)cc(CC(C)(C)N)c1OC1CCCC1. The monoisotopic (exact) mass is 297 g/mol. The summed E-state index contributed by atoms with van der Waals surface area (Å²) in [5.74, 6) is 1.51. The molecule has 1 fully saturated rings. The number of halogens is 1. The summed E-state index contributed by atoms with van der Waals surface area (Å²) in [6.07, 6.45) is 5.67. The largest absolute Gasteiger partial charge is 0.493 e. The highest BCUT2D eigenvalue weighted by Crippen LogP contribution is 2.38. The van der Waals surface area contributed by atoms with Crippen LogP contribution >= 0.6 is 11.6 Å². The second kappa shape index (κ2) is 6.23. The van der Waals surface area contributed by atoms with E-state index in [2.05, 4.69) is 0 Å². The van der Waals surface area contributed by atoms with Gasteiger partial charge in [0.15, 0.2) is 11.5 Å². The van der Waals surface area contributed by atoms with Crippen molar-refractivity contribution in [3.8, 4) is 11.5 Å². The van der Waals surface area contributed by atoms with E-state index in [0.717, 1.165) is 24.2 Å². The molecule has 1 aromatic rings. The van der Waals surface area contributed by atoms with Gasteiger partial charge in [0.05, 0.1) is 13.2 Å². The van der Waals surface area contributed by atoms with Crippen LogP contribution in [0.25, 0.3) is 0 Å². The molecule has 0 radical (unpaired) electrons. The van der Waals surface area contributed by atoms with Gasteiger partial charge in [0.1, 0.15) is 0 Å². The normalized spacial score (nSPS) is 16.4. The van der Waals surface area contributed by atoms with E-state index in [-0.39, 0.29) is 11.6 Å². The summed E-state index contributed by atoms with van der Waals surface area (Å²) in [7, 11) is 1.64. The van der Waals surface area contributed by atoms with Crippen molar-refractivity contribution in [2.24, 2.45) is 5.73 Å². The maximum Gasteiger partial charge on any atom is 0.164 e. The number of ether oxygens (including phenoxy) is 2. The lowest BCUT2D eigenvalue weighted by molar-refractivity contribution is 0.198. The summed E-state index contributed by atoms with van der Waals surface area (Å²) in [6, 6.07) is 3.74. The van der Waals surface area contributed by atoms with Crippen LogP contribution in [0.5, 0.6) is 11.5 Å². The Kier molecular flexibility index (Phi) is 4.82. The molecule has 2 N–H and O–H groups in total. The number of hydrogen-bond acceptors (Lipinski definition) is 3. The molecule has 0 aromatic heterocycles. The minimum Gasteiger partial charge on any atom is -0.493 e. The van der Waals surface area contributed by atoms with Crippen LogP contribution in [0.1, 0.15) is 45.1 Å². The second-order valence-electron chi connectivity index (χ2n) is 6.29. The number of nitrogens with two attached hydrogens (primary N) is 1. The molecule has 0 saturated heterocycles. The quantitative estimate of drug-likeness (QED) is 0.895. The molecule has 1 aromatic carbocycles. The molecule has 0 spiro atoms. The fourth-order valence-corrected chi connectivity index (χ4v) is 2.93. The standard InChI is InChI=1S/C16H24ClNO2/c1-16(2,18)10-11-8-12(17)9-14(19-3)15(11)20-13-6-4-5-7-13/h8-9,13H,4-7,10,18H2,1-3H3. The van der Waals surface area contributed by atoms with Crippen LogP contribution in [0.2, 0.25) is 5.02 Å². The zero-order valence-corrected chi connectivity index (χ0v) is 13.3. The van der Waals surface area contributed by atoms with E-state index in [4.69, 9.17) is 26.8 Å². The Labute approximate surface area is 126 Å². The summed E-state index contributed by atoms with van der Waals surface area (Å²) < 4.78 is 11.6. The van der Waals surface area contributed by atoms with Gasteiger partial charge in [-0.2, -0.15) is 0 Å². The van der Waals surface area contributed by atoms with E-state index < -0.39 is 0 Å². The van der Waals surface area contributed by atoms with E-state index in [9.17, 15) is 0 Å². The summed E-state index contributed by atoms with van der Waals surface area (Å²) >= 11 is 6.17. The molecule has 0 amide bonds. The smallest absolute Gasteiger partial charge is 0.164 e. The molecule has 0 aliphatic heterocycles. The van der Waals surface area contributed by atoms with Crippen LogP contribution in [0.4, 0.5) is 0 Å². The highest BCUT2D eigenvalue weighted by molar-refractivity contribution is 6.30. The van der Waals surface area contributed by atoms with E-state index in [1.807, 2.05) is 19.9 Å². The second-order valence-corrected chi connectivity index (χ2v) is 6.72.